The molecule has 2 heterocycles. The number of rotatable bonds is 2. The van der Waals surface area contributed by atoms with E-state index in [1.54, 1.807) is 18.3 Å². The maximum Gasteiger partial charge on any atom is 0.355 e. The summed E-state index contributed by atoms with van der Waals surface area (Å²) in [5.74, 6) is -1.01. The quantitative estimate of drug-likeness (QED) is 0.862. The second-order valence-corrected chi connectivity index (χ2v) is 4.38. The molecule has 0 atom stereocenters. The zero-order valence-electron chi connectivity index (χ0n) is 7.35. The van der Waals surface area contributed by atoms with Gasteiger partial charge in [-0.15, -0.1) is 11.3 Å². The van der Waals surface area contributed by atoms with Crippen molar-refractivity contribution in [3.05, 3.63) is 34.0 Å². The molecule has 2 rings (SSSR count). The van der Waals surface area contributed by atoms with E-state index in [1.165, 1.54) is 16.7 Å². The van der Waals surface area contributed by atoms with Crippen LogP contribution < -0.4 is 0 Å². The fourth-order valence-electron chi connectivity index (χ4n) is 1.04. The molecule has 0 saturated carbocycles. The molecule has 0 spiro atoms. The first-order valence-electron chi connectivity index (χ1n) is 3.97. The lowest BCUT2D eigenvalue weighted by Crippen LogP contribution is -1.95. The molecule has 0 saturated heterocycles. The highest BCUT2D eigenvalue weighted by molar-refractivity contribution is 9.10. The van der Waals surface area contributed by atoms with Gasteiger partial charge in [-0.05, 0) is 28.1 Å². The van der Waals surface area contributed by atoms with Gasteiger partial charge in [0.25, 0.3) is 0 Å². The van der Waals surface area contributed by atoms with E-state index in [9.17, 15) is 4.79 Å². The highest BCUT2D eigenvalue weighted by Crippen LogP contribution is 2.24. The number of aromatic carboxylic acids is 1. The van der Waals surface area contributed by atoms with Gasteiger partial charge in [0.15, 0.2) is 5.69 Å². The number of aromatic nitrogens is 2. The second-order valence-electron chi connectivity index (χ2n) is 2.71. The number of hydrogen-bond acceptors (Lipinski definition) is 4. The standard InChI is InChI=1S/C9H5BrN2O2S/c10-7-3-5(1-2-11-7)8-12-6(4-15-8)9(13)14/h1-4H,(H,13,14). The minimum absolute atomic E-state index is 0.0722. The first-order valence-corrected chi connectivity index (χ1v) is 5.65. The van der Waals surface area contributed by atoms with Gasteiger partial charge in [-0.1, -0.05) is 0 Å². The first kappa shape index (κ1) is 10.3. The molecule has 0 aliphatic rings. The molecule has 0 fully saturated rings. The number of carboxylic acid groups (broad SMARTS) is 1. The van der Waals surface area contributed by atoms with Crippen molar-refractivity contribution in [3.8, 4) is 10.6 Å². The van der Waals surface area contributed by atoms with Crippen LogP contribution in [0.5, 0.6) is 0 Å². The molecule has 1 N–H and O–H groups in total. The Bertz CT molecular complexity index is 512. The van der Waals surface area contributed by atoms with Gasteiger partial charge in [-0.2, -0.15) is 0 Å². The summed E-state index contributed by atoms with van der Waals surface area (Å²) in [7, 11) is 0. The Kier molecular flexibility index (Phi) is 2.79. The van der Waals surface area contributed by atoms with E-state index in [-0.39, 0.29) is 5.69 Å². The summed E-state index contributed by atoms with van der Waals surface area (Å²) in [6.07, 6.45) is 1.64. The van der Waals surface area contributed by atoms with Gasteiger partial charge >= 0.3 is 5.97 Å². The summed E-state index contributed by atoms with van der Waals surface area (Å²) in [4.78, 5) is 18.6. The molecule has 4 nitrogen and oxygen atoms in total. The average Bonchev–Trinajstić information content (AvgIpc) is 2.66. The summed E-state index contributed by atoms with van der Waals surface area (Å²) in [6, 6.07) is 3.58. The van der Waals surface area contributed by atoms with Crippen LogP contribution >= 0.6 is 27.3 Å². The zero-order chi connectivity index (χ0) is 10.8. The lowest BCUT2D eigenvalue weighted by molar-refractivity contribution is 0.0691. The van der Waals surface area contributed by atoms with Gasteiger partial charge in [0.1, 0.15) is 9.61 Å². The SMILES string of the molecule is O=C(O)c1csc(-c2ccnc(Br)c2)n1. The van der Waals surface area contributed by atoms with Crippen LogP contribution in [0, 0.1) is 0 Å². The highest BCUT2D eigenvalue weighted by Gasteiger charge is 2.10. The van der Waals surface area contributed by atoms with Crippen molar-refractivity contribution in [2.75, 3.05) is 0 Å². The van der Waals surface area contributed by atoms with Crippen molar-refractivity contribution in [2.45, 2.75) is 0 Å². The van der Waals surface area contributed by atoms with Crippen molar-refractivity contribution >= 4 is 33.2 Å². The van der Waals surface area contributed by atoms with E-state index >= 15 is 0 Å². The number of pyridine rings is 1. The summed E-state index contributed by atoms with van der Waals surface area (Å²) in [6.45, 7) is 0. The topological polar surface area (TPSA) is 63.1 Å². The Balaban J connectivity index is 2.41. The molecule has 76 valence electrons. The Hall–Kier alpha value is -1.27. The van der Waals surface area contributed by atoms with Crippen LogP contribution in [0.3, 0.4) is 0 Å². The van der Waals surface area contributed by atoms with Crippen molar-refractivity contribution < 1.29 is 9.90 Å². The third-order valence-electron chi connectivity index (χ3n) is 1.70. The minimum atomic E-state index is -1.01. The molecular formula is C9H5BrN2O2S. The Morgan fingerprint density at radius 1 is 1.53 bits per heavy atom. The largest absolute Gasteiger partial charge is 0.476 e. The van der Waals surface area contributed by atoms with Gasteiger partial charge in [0, 0.05) is 17.1 Å². The van der Waals surface area contributed by atoms with Crippen LogP contribution in [0.25, 0.3) is 10.6 Å². The van der Waals surface area contributed by atoms with Crippen LogP contribution in [-0.4, -0.2) is 21.0 Å². The third-order valence-corrected chi connectivity index (χ3v) is 3.02. The van der Waals surface area contributed by atoms with Crippen molar-refractivity contribution in [3.63, 3.8) is 0 Å². The van der Waals surface area contributed by atoms with Crippen LogP contribution in [0.4, 0.5) is 0 Å². The molecule has 0 aliphatic heterocycles. The maximum atomic E-state index is 10.6. The molecule has 0 unspecified atom stereocenters. The first-order chi connectivity index (χ1) is 7.16. The Labute approximate surface area is 97.8 Å². The van der Waals surface area contributed by atoms with Gasteiger partial charge in [0.05, 0.1) is 0 Å². The lowest BCUT2D eigenvalue weighted by Gasteiger charge is -1.95. The smallest absolute Gasteiger partial charge is 0.355 e. The number of halogens is 1. The molecule has 2 aromatic heterocycles. The molecule has 0 bridgehead atoms. The number of hydrogen-bond donors (Lipinski definition) is 1. The van der Waals surface area contributed by atoms with Gasteiger partial charge < -0.3 is 5.11 Å². The summed E-state index contributed by atoms with van der Waals surface area (Å²) >= 11 is 4.54. The van der Waals surface area contributed by atoms with E-state index in [0.29, 0.717) is 9.61 Å². The molecule has 0 amide bonds. The molecular weight excluding hydrogens is 280 g/mol. The van der Waals surface area contributed by atoms with Crippen LogP contribution in [-0.2, 0) is 0 Å². The van der Waals surface area contributed by atoms with Crippen LogP contribution in [0.15, 0.2) is 28.3 Å². The molecule has 0 aliphatic carbocycles. The van der Waals surface area contributed by atoms with Gasteiger partial charge in [-0.25, -0.2) is 14.8 Å². The minimum Gasteiger partial charge on any atom is -0.476 e. The number of carboxylic acids is 1. The Morgan fingerprint density at radius 3 is 2.93 bits per heavy atom. The van der Waals surface area contributed by atoms with Crippen LogP contribution in [0.1, 0.15) is 10.5 Å². The second kappa shape index (κ2) is 4.08. The fraction of sp³-hybridized carbons (Fsp3) is 0. The third kappa shape index (κ3) is 2.21. The average molecular weight is 285 g/mol. The number of carbonyl (C=O) groups is 1. The predicted octanol–water partition coefficient (Wildman–Crippen LogP) is 2.67. The van der Waals surface area contributed by atoms with E-state index in [4.69, 9.17) is 5.11 Å². The molecule has 0 radical (unpaired) electrons. The number of nitrogens with zero attached hydrogens (tertiary/aromatic N) is 2. The monoisotopic (exact) mass is 284 g/mol. The molecule has 6 heteroatoms. The summed E-state index contributed by atoms with van der Waals surface area (Å²) < 4.78 is 0.701. The lowest BCUT2D eigenvalue weighted by atomic mass is 10.3. The zero-order valence-corrected chi connectivity index (χ0v) is 9.75. The van der Waals surface area contributed by atoms with Gasteiger partial charge in [-0.3, -0.25) is 0 Å². The van der Waals surface area contributed by atoms with E-state index in [2.05, 4.69) is 25.9 Å². The van der Waals surface area contributed by atoms with Gasteiger partial charge in [0.2, 0.25) is 0 Å². The summed E-state index contributed by atoms with van der Waals surface area (Å²) in [5, 5.41) is 10.9. The van der Waals surface area contributed by atoms with E-state index in [1.807, 2.05) is 0 Å². The fourth-order valence-corrected chi connectivity index (χ4v) is 2.20. The van der Waals surface area contributed by atoms with Crippen LogP contribution in [0.2, 0.25) is 0 Å². The maximum absolute atomic E-state index is 10.6. The molecule has 0 aromatic carbocycles. The molecule has 15 heavy (non-hydrogen) atoms. The van der Waals surface area contributed by atoms with Crippen molar-refractivity contribution in [1.82, 2.24) is 9.97 Å². The summed E-state index contributed by atoms with van der Waals surface area (Å²) in [5.41, 5.74) is 0.928. The van der Waals surface area contributed by atoms with E-state index in [0.717, 1.165) is 5.56 Å². The highest BCUT2D eigenvalue weighted by atomic mass is 79.9. The molecule has 2 aromatic rings. The number of thiazole rings is 1. The Morgan fingerprint density at radius 2 is 2.33 bits per heavy atom. The van der Waals surface area contributed by atoms with Crippen molar-refractivity contribution in [1.29, 1.82) is 0 Å². The van der Waals surface area contributed by atoms with E-state index < -0.39 is 5.97 Å². The van der Waals surface area contributed by atoms with Crippen molar-refractivity contribution in [2.24, 2.45) is 0 Å². The predicted molar refractivity (Wildman–Crippen MR) is 60.0 cm³/mol. The normalized spacial score (nSPS) is 10.2.